The summed E-state index contributed by atoms with van der Waals surface area (Å²) in [5, 5.41) is 6.33. The lowest BCUT2D eigenvalue weighted by molar-refractivity contribution is -0.126. The van der Waals surface area contributed by atoms with Gasteiger partial charge in [0.1, 0.15) is 5.01 Å². The number of methoxy groups -OCH3 is 2. The fourth-order valence-corrected chi connectivity index (χ4v) is 7.07. The summed E-state index contributed by atoms with van der Waals surface area (Å²) in [5.74, 6) is 3.99. The molecule has 4 fully saturated rings. The second kappa shape index (κ2) is 7.31. The molecule has 29 heavy (non-hydrogen) atoms. The molecular weight excluding hydrogens is 384 g/mol. The summed E-state index contributed by atoms with van der Waals surface area (Å²) in [5.41, 5.74) is 1.87. The van der Waals surface area contributed by atoms with Crippen LogP contribution in [-0.2, 0) is 11.2 Å². The van der Waals surface area contributed by atoms with E-state index in [1.165, 1.54) is 38.5 Å². The van der Waals surface area contributed by atoms with Crippen molar-refractivity contribution in [3.63, 3.8) is 0 Å². The Morgan fingerprint density at radius 3 is 2.38 bits per heavy atom. The molecule has 0 aliphatic heterocycles. The van der Waals surface area contributed by atoms with Gasteiger partial charge in [0.15, 0.2) is 11.5 Å². The maximum atomic E-state index is 12.8. The second-order valence-electron chi connectivity index (χ2n) is 9.14. The fourth-order valence-electron chi connectivity index (χ4n) is 6.26. The lowest BCUT2D eigenvalue weighted by Crippen LogP contribution is -2.60. The van der Waals surface area contributed by atoms with Crippen molar-refractivity contribution in [1.29, 1.82) is 0 Å². The number of aromatic nitrogens is 1. The average Bonchev–Trinajstić information content (AvgIpc) is 3.14. The molecule has 1 aromatic carbocycles. The van der Waals surface area contributed by atoms with Crippen molar-refractivity contribution in [2.24, 2.45) is 17.8 Å². The van der Waals surface area contributed by atoms with Gasteiger partial charge < -0.3 is 14.8 Å². The first-order valence-electron chi connectivity index (χ1n) is 10.5. The first-order chi connectivity index (χ1) is 14.1. The third-order valence-corrected chi connectivity index (χ3v) is 7.91. The Balaban J connectivity index is 1.26. The van der Waals surface area contributed by atoms with Crippen LogP contribution >= 0.6 is 11.3 Å². The molecule has 0 saturated heterocycles. The number of nitrogens with one attached hydrogen (secondary N) is 1. The first kappa shape index (κ1) is 18.9. The van der Waals surface area contributed by atoms with Crippen LogP contribution in [0.3, 0.4) is 0 Å². The van der Waals surface area contributed by atoms with Crippen molar-refractivity contribution in [3.05, 3.63) is 29.3 Å². The van der Waals surface area contributed by atoms with Crippen molar-refractivity contribution in [2.75, 3.05) is 14.2 Å². The van der Waals surface area contributed by atoms with Gasteiger partial charge in [-0.25, -0.2) is 4.98 Å². The lowest BCUT2D eigenvalue weighted by Gasteiger charge is -2.56. The molecule has 6 heteroatoms. The van der Waals surface area contributed by atoms with Gasteiger partial charge in [-0.3, -0.25) is 4.79 Å². The number of hydrogen-bond donors (Lipinski definition) is 1. The van der Waals surface area contributed by atoms with E-state index in [2.05, 4.69) is 5.32 Å². The normalized spacial score (nSPS) is 29.7. The highest BCUT2D eigenvalue weighted by atomic mass is 32.1. The molecule has 0 spiro atoms. The number of benzene rings is 1. The summed E-state index contributed by atoms with van der Waals surface area (Å²) in [6, 6.07) is 5.78. The third kappa shape index (κ3) is 3.63. The molecule has 1 amide bonds. The van der Waals surface area contributed by atoms with Crippen LogP contribution in [0.5, 0.6) is 11.5 Å². The van der Waals surface area contributed by atoms with Gasteiger partial charge in [0, 0.05) is 16.5 Å². The van der Waals surface area contributed by atoms with Crippen molar-refractivity contribution in [3.8, 4) is 22.1 Å². The largest absolute Gasteiger partial charge is 0.493 e. The smallest absolute Gasteiger partial charge is 0.226 e. The Hall–Kier alpha value is -2.08. The maximum Gasteiger partial charge on any atom is 0.226 e. The summed E-state index contributed by atoms with van der Waals surface area (Å²) in [6.45, 7) is 0. The molecule has 6 rings (SSSR count). The molecule has 0 radical (unpaired) electrons. The Morgan fingerprint density at radius 2 is 1.76 bits per heavy atom. The molecule has 4 aliphatic rings. The van der Waals surface area contributed by atoms with E-state index in [4.69, 9.17) is 14.5 Å². The molecule has 154 valence electrons. The van der Waals surface area contributed by atoms with Gasteiger partial charge in [0.25, 0.3) is 0 Å². The third-order valence-electron chi connectivity index (χ3n) is 6.97. The number of hydrogen-bond acceptors (Lipinski definition) is 5. The molecule has 2 aromatic rings. The molecule has 0 unspecified atom stereocenters. The Morgan fingerprint density at radius 1 is 1.10 bits per heavy atom. The predicted molar refractivity (Wildman–Crippen MR) is 113 cm³/mol. The van der Waals surface area contributed by atoms with E-state index >= 15 is 0 Å². The average molecular weight is 413 g/mol. The minimum atomic E-state index is 0.0635. The van der Waals surface area contributed by atoms with Gasteiger partial charge in [-0.15, -0.1) is 11.3 Å². The molecule has 1 aromatic heterocycles. The van der Waals surface area contributed by atoms with Crippen LogP contribution in [0.25, 0.3) is 10.6 Å². The van der Waals surface area contributed by atoms with Crippen LogP contribution in [0.1, 0.15) is 44.2 Å². The SMILES string of the molecule is COc1ccc(-c2nc(CC(=O)NC34CC5CC(CC(C5)C3)C4)cs2)cc1OC. The highest BCUT2D eigenvalue weighted by Crippen LogP contribution is 2.55. The van der Waals surface area contributed by atoms with E-state index in [-0.39, 0.29) is 11.4 Å². The van der Waals surface area contributed by atoms with E-state index in [0.29, 0.717) is 17.9 Å². The van der Waals surface area contributed by atoms with E-state index in [0.717, 1.165) is 34.0 Å². The number of rotatable bonds is 6. The van der Waals surface area contributed by atoms with E-state index in [9.17, 15) is 4.79 Å². The fraction of sp³-hybridized carbons (Fsp3) is 0.565. The van der Waals surface area contributed by atoms with Gasteiger partial charge in [0.2, 0.25) is 5.91 Å². The van der Waals surface area contributed by atoms with Crippen LogP contribution in [0.4, 0.5) is 0 Å². The summed E-state index contributed by atoms with van der Waals surface area (Å²) < 4.78 is 10.7. The molecule has 5 nitrogen and oxygen atoms in total. The van der Waals surface area contributed by atoms with Crippen LogP contribution in [0.2, 0.25) is 0 Å². The van der Waals surface area contributed by atoms with Gasteiger partial charge >= 0.3 is 0 Å². The van der Waals surface area contributed by atoms with Crippen LogP contribution in [0.15, 0.2) is 23.6 Å². The van der Waals surface area contributed by atoms with E-state index < -0.39 is 0 Å². The Kier molecular flexibility index (Phi) is 4.77. The summed E-state index contributed by atoms with van der Waals surface area (Å²) in [7, 11) is 3.26. The predicted octanol–water partition coefficient (Wildman–Crippen LogP) is 4.45. The molecule has 1 heterocycles. The monoisotopic (exact) mass is 412 g/mol. The first-order valence-corrected chi connectivity index (χ1v) is 11.4. The Bertz CT molecular complexity index is 887. The molecule has 0 atom stereocenters. The minimum Gasteiger partial charge on any atom is -0.493 e. The van der Waals surface area contributed by atoms with Gasteiger partial charge in [0.05, 0.1) is 26.3 Å². The highest BCUT2D eigenvalue weighted by Gasteiger charge is 2.51. The number of carbonyl (C=O) groups excluding carboxylic acids is 1. The quantitative estimate of drug-likeness (QED) is 0.761. The summed E-state index contributed by atoms with van der Waals surface area (Å²) in [4.78, 5) is 17.6. The molecular formula is C23H28N2O3S. The number of nitrogens with zero attached hydrogens (tertiary/aromatic N) is 1. The Labute approximate surface area is 175 Å². The van der Waals surface area contributed by atoms with Crippen molar-refractivity contribution in [2.45, 2.75) is 50.5 Å². The highest BCUT2D eigenvalue weighted by molar-refractivity contribution is 7.13. The number of amides is 1. The maximum absolute atomic E-state index is 12.8. The van der Waals surface area contributed by atoms with E-state index in [1.807, 2.05) is 23.6 Å². The standard InChI is InChI=1S/C23H28N2O3S/c1-27-19-4-3-17(8-20(19)28-2)22-24-18(13-29-22)9-21(26)25-23-10-14-5-15(11-23)7-16(6-14)12-23/h3-4,8,13-16H,5-7,9-12H2,1-2H3,(H,25,26). The van der Waals surface area contributed by atoms with Crippen LogP contribution in [0, 0.1) is 17.8 Å². The summed E-state index contributed by atoms with van der Waals surface area (Å²) >= 11 is 1.56. The van der Waals surface area contributed by atoms with E-state index in [1.54, 1.807) is 25.6 Å². The van der Waals surface area contributed by atoms with Gasteiger partial charge in [-0.05, 0) is 74.5 Å². The molecule has 4 aliphatic carbocycles. The zero-order chi connectivity index (χ0) is 20.0. The van der Waals surface area contributed by atoms with Crippen molar-refractivity contribution < 1.29 is 14.3 Å². The van der Waals surface area contributed by atoms with Crippen LogP contribution in [-0.4, -0.2) is 30.6 Å². The zero-order valence-corrected chi connectivity index (χ0v) is 17.9. The lowest BCUT2D eigenvalue weighted by atomic mass is 9.53. The molecule has 4 bridgehead atoms. The number of thiazole rings is 1. The van der Waals surface area contributed by atoms with Crippen molar-refractivity contribution >= 4 is 17.2 Å². The summed E-state index contributed by atoms with van der Waals surface area (Å²) in [6.07, 6.45) is 8.04. The number of carbonyl (C=O) groups is 1. The topological polar surface area (TPSA) is 60.5 Å². The van der Waals surface area contributed by atoms with Gasteiger partial charge in [-0.1, -0.05) is 0 Å². The molecule has 1 N–H and O–H groups in total. The van der Waals surface area contributed by atoms with Crippen LogP contribution < -0.4 is 14.8 Å². The molecule has 4 saturated carbocycles. The number of ether oxygens (including phenoxy) is 2. The zero-order valence-electron chi connectivity index (χ0n) is 17.1. The second-order valence-corrected chi connectivity index (χ2v) is 9.99. The van der Waals surface area contributed by atoms with Crippen molar-refractivity contribution in [1.82, 2.24) is 10.3 Å². The van der Waals surface area contributed by atoms with Gasteiger partial charge in [-0.2, -0.15) is 0 Å². The minimum absolute atomic E-state index is 0.0635.